The van der Waals surface area contributed by atoms with Gasteiger partial charge in [-0.15, -0.1) is 0 Å². The third-order valence-corrected chi connectivity index (χ3v) is 5.88. The first-order chi connectivity index (χ1) is 14.8. The molecule has 1 atom stereocenters. The first-order valence-corrected chi connectivity index (χ1v) is 9.98. The topological polar surface area (TPSA) is 113 Å². The fourth-order valence-corrected chi connectivity index (χ4v) is 4.11. The van der Waals surface area contributed by atoms with E-state index in [1.54, 1.807) is 27.2 Å². The summed E-state index contributed by atoms with van der Waals surface area (Å²) in [4.78, 5) is 35.3. The number of nitrogens with two attached hydrogens (primary N) is 1. The SMILES string of the molecule is COc1cc(OC)c2cc(C(=O)N3CC[C@@H](c4ncc(C(N)=O)c(C)n4)C3)n(C)c2c1. The molecule has 0 unspecified atom stereocenters. The molecule has 31 heavy (non-hydrogen) atoms. The summed E-state index contributed by atoms with van der Waals surface area (Å²) in [7, 11) is 5.05. The van der Waals surface area contributed by atoms with Gasteiger partial charge in [0.05, 0.1) is 31.0 Å². The molecule has 1 saturated heterocycles. The molecule has 1 aliphatic heterocycles. The van der Waals surface area contributed by atoms with Crippen molar-refractivity contribution in [2.24, 2.45) is 12.8 Å². The van der Waals surface area contributed by atoms with Gasteiger partial charge in [-0.1, -0.05) is 0 Å². The number of benzene rings is 1. The van der Waals surface area contributed by atoms with Gasteiger partial charge in [0.25, 0.3) is 11.8 Å². The lowest BCUT2D eigenvalue weighted by Crippen LogP contribution is -2.30. The van der Waals surface area contributed by atoms with E-state index in [2.05, 4.69) is 9.97 Å². The van der Waals surface area contributed by atoms with Gasteiger partial charge in [0, 0.05) is 49.8 Å². The molecule has 1 fully saturated rings. The summed E-state index contributed by atoms with van der Waals surface area (Å²) in [6, 6.07) is 5.54. The Balaban J connectivity index is 1.60. The van der Waals surface area contributed by atoms with Gasteiger partial charge in [-0.2, -0.15) is 0 Å². The number of rotatable bonds is 5. The molecular weight excluding hydrogens is 398 g/mol. The third-order valence-electron chi connectivity index (χ3n) is 5.88. The zero-order chi connectivity index (χ0) is 22.3. The zero-order valence-corrected chi connectivity index (χ0v) is 18.0. The van der Waals surface area contributed by atoms with E-state index in [1.165, 1.54) is 6.20 Å². The molecule has 2 aromatic heterocycles. The van der Waals surface area contributed by atoms with Gasteiger partial charge in [-0.3, -0.25) is 9.59 Å². The van der Waals surface area contributed by atoms with Crippen molar-refractivity contribution in [3.63, 3.8) is 0 Å². The van der Waals surface area contributed by atoms with Crippen LogP contribution in [0.2, 0.25) is 0 Å². The lowest BCUT2D eigenvalue weighted by Gasteiger charge is -2.17. The number of fused-ring (bicyclic) bond motifs is 1. The number of carbonyl (C=O) groups is 2. The summed E-state index contributed by atoms with van der Waals surface area (Å²) in [5, 5.41) is 0.853. The van der Waals surface area contributed by atoms with Crippen LogP contribution in [0.3, 0.4) is 0 Å². The fourth-order valence-electron chi connectivity index (χ4n) is 4.11. The van der Waals surface area contributed by atoms with E-state index in [1.807, 2.05) is 28.6 Å². The van der Waals surface area contributed by atoms with Crippen LogP contribution in [0.1, 0.15) is 44.7 Å². The van der Waals surface area contributed by atoms with Crippen molar-refractivity contribution in [2.75, 3.05) is 27.3 Å². The number of aromatic nitrogens is 3. The number of likely N-dealkylation sites (tertiary alicyclic amines) is 1. The molecule has 0 saturated carbocycles. The second-order valence-corrected chi connectivity index (χ2v) is 7.68. The van der Waals surface area contributed by atoms with E-state index in [-0.39, 0.29) is 11.8 Å². The molecule has 0 bridgehead atoms. The molecule has 0 aliphatic carbocycles. The van der Waals surface area contributed by atoms with Gasteiger partial charge in [0.15, 0.2) is 0 Å². The van der Waals surface area contributed by atoms with Crippen molar-refractivity contribution in [1.29, 1.82) is 0 Å². The highest BCUT2D eigenvalue weighted by Crippen LogP contribution is 2.34. The van der Waals surface area contributed by atoms with E-state index in [0.29, 0.717) is 47.4 Å². The molecule has 3 heterocycles. The Bertz CT molecular complexity index is 1190. The summed E-state index contributed by atoms with van der Waals surface area (Å²) < 4.78 is 12.7. The van der Waals surface area contributed by atoms with Crippen LogP contribution in [-0.2, 0) is 7.05 Å². The minimum atomic E-state index is -0.546. The van der Waals surface area contributed by atoms with Crippen molar-refractivity contribution >= 4 is 22.7 Å². The van der Waals surface area contributed by atoms with Gasteiger partial charge in [-0.25, -0.2) is 9.97 Å². The second-order valence-electron chi connectivity index (χ2n) is 7.68. The molecule has 4 rings (SSSR count). The van der Waals surface area contributed by atoms with Gasteiger partial charge in [0.1, 0.15) is 23.0 Å². The Morgan fingerprint density at radius 2 is 1.97 bits per heavy atom. The molecular formula is C22H25N5O4. The smallest absolute Gasteiger partial charge is 0.270 e. The van der Waals surface area contributed by atoms with E-state index in [4.69, 9.17) is 15.2 Å². The van der Waals surface area contributed by atoms with E-state index < -0.39 is 5.91 Å². The predicted octanol–water partition coefficient (Wildman–Crippen LogP) is 2.02. The highest BCUT2D eigenvalue weighted by Gasteiger charge is 2.31. The summed E-state index contributed by atoms with van der Waals surface area (Å²) in [5.41, 5.74) is 7.64. The van der Waals surface area contributed by atoms with Crippen LogP contribution in [0, 0.1) is 6.92 Å². The summed E-state index contributed by atoms with van der Waals surface area (Å²) in [6.45, 7) is 2.85. The Morgan fingerprint density at radius 3 is 2.61 bits per heavy atom. The largest absolute Gasteiger partial charge is 0.497 e. The second kappa shape index (κ2) is 7.90. The molecule has 0 radical (unpaired) electrons. The highest BCUT2D eigenvalue weighted by molar-refractivity contribution is 6.01. The molecule has 1 aromatic carbocycles. The highest BCUT2D eigenvalue weighted by atomic mass is 16.5. The monoisotopic (exact) mass is 423 g/mol. The van der Waals surface area contributed by atoms with Crippen molar-refractivity contribution in [3.05, 3.63) is 47.2 Å². The van der Waals surface area contributed by atoms with Gasteiger partial charge >= 0.3 is 0 Å². The van der Waals surface area contributed by atoms with Gasteiger partial charge in [-0.05, 0) is 19.4 Å². The van der Waals surface area contributed by atoms with E-state index in [0.717, 1.165) is 17.3 Å². The first-order valence-electron chi connectivity index (χ1n) is 9.98. The van der Waals surface area contributed by atoms with Crippen LogP contribution in [0.15, 0.2) is 24.4 Å². The number of carbonyl (C=O) groups excluding carboxylic acids is 2. The maximum atomic E-state index is 13.3. The van der Waals surface area contributed by atoms with Gasteiger partial charge in [0.2, 0.25) is 0 Å². The van der Waals surface area contributed by atoms with E-state index in [9.17, 15) is 9.59 Å². The average molecular weight is 423 g/mol. The maximum Gasteiger partial charge on any atom is 0.270 e. The number of hydrogen-bond acceptors (Lipinski definition) is 6. The molecule has 162 valence electrons. The number of ether oxygens (including phenoxy) is 2. The Labute approximate surface area is 179 Å². The standard InChI is InChI=1S/C22H25N5O4/c1-12-16(20(23)28)10-24-21(25-12)13-5-6-27(11-13)22(29)18-9-15-17(26(18)2)7-14(30-3)8-19(15)31-4/h7-10,13H,5-6,11H2,1-4H3,(H2,23,28)/t13-/m1/s1. The molecule has 9 heteroatoms. The van der Waals surface area contributed by atoms with Gasteiger partial charge < -0.3 is 24.7 Å². The summed E-state index contributed by atoms with van der Waals surface area (Å²) >= 11 is 0. The Morgan fingerprint density at radius 1 is 1.19 bits per heavy atom. The molecule has 1 aliphatic rings. The van der Waals surface area contributed by atoms with Crippen LogP contribution in [0.4, 0.5) is 0 Å². The Kier molecular flexibility index (Phi) is 5.26. The van der Waals surface area contributed by atoms with E-state index >= 15 is 0 Å². The number of hydrogen-bond donors (Lipinski definition) is 1. The summed E-state index contributed by atoms with van der Waals surface area (Å²) in [5.74, 6) is 1.34. The maximum absolute atomic E-state index is 13.3. The quantitative estimate of drug-likeness (QED) is 0.672. The first kappa shape index (κ1) is 20.6. The van der Waals surface area contributed by atoms with Crippen LogP contribution in [-0.4, -0.2) is 58.6 Å². The van der Waals surface area contributed by atoms with Crippen LogP contribution in [0.5, 0.6) is 11.5 Å². The number of methoxy groups -OCH3 is 2. The minimum Gasteiger partial charge on any atom is -0.497 e. The zero-order valence-electron chi connectivity index (χ0n) is 18.0. The minimum absolute atomic E-state index is 0.00823. The lowest BCUT2D eigenvalue weighted by molar-refractivity contribution is 0.0781. The summed E-state index contributed by atoms with van der Waals surface area (Å²) in [6.07, 6.45) is 2.22. The lowest BCUT2D eigenvalue weighted by atomic mass is 10.1. The van der Waals surface area contributed by atoms with Crippen molar-refractivity contribution in [1.82, 2.24) is 19.4 Å². The van der Waals surface area contributed by atoms with Crippen molar-refractivity contribution in [3.8, 4) is 11.5 Å². The number of amides is 2. The number of nitrogens with zero attached hydrogens (tertiary/aromatic N) is 4. The molecule has 3 aromatic rings. The number of primary amides is 1. The van der Waals surface area contributed by atoms with Crippen LogP contribution < -0.4 is 15.2 Å². The predicted molar refractivity (Wildman–Crippen MR) is 115 cm³/mol. The van der Waals surface area contributed by atoms with Crippen LogP contribution in [0.25, 0.3) is 10.9 Å². The van der Waals surface area contributed by atoms with Crippen LogP contribution >= 0.6 is 0 Å². The molecule has 2 amide bonds. The average Bonchev–Trinajstić information content (AvgIpc) is 3.38. The third kappa shape index (κ3) is 3.56. The Hall–Kier alpha value is -3.62. The van der Waals surface area contributed by atoms with Crippen molar-refractivity contribution in [2.45, 2.75) is 19.3 Å². The molecule has 0 spiro atoms. The molecule has 9 nitrogen and oxygen atoms in total. The fraction of sp³-hybridized carbons (Fsp3) is 0.364. The molecule has 2 N–H and O–H groups in total. The normalized spacial score (nSPS) is 16.0. The number of aryl methyl sites for hydroxylation is 2. The van der Waals surface area contributed by atoms with Crippen molar-refractivity contribution < 1.29 is 19.1 Å².